The number of nitrogens with zero attached hydrogens (tertiary/aromatic N) is 2. The highest BCUT2D eigenvalue weighted by Gasteiger charge is 2.45. The summed E-state index contributed by atoms with van der Waals surface area (Å²) in [6, 6.07) is 7.76. The van der Waals surface area contributed by atoms with E-state index in [1.54, 1.807) is 0 Å². The molecule has 158 valence electrons. The van der Waals surface area contributed by atoms with Crippen LogP contribution in [0.2, 0.25) is 0 Å². The van der Waals surface area contributed by atoms with Crippen LogP contribution in [-0.2, 0) is 20.8 Å². The van der Waals surface area contributed by atoms with Gasteiger partial charge in [-0.15, -0.1) is 0 Å². The Balaban J connectivity index is 1.33. The van der Waals surface area contributed by atoms with E-state index in [2.05, 4.69) is 10.2 Å². The van der Waals surface area contributed by atoms with Crippen LogP contribution in [0.1, 0.15) is 41.6 Å². The summed E-state index contributed by atoms with van der Waals surface area (Å²) in [6.07, 6.45) is 2.67. The van der Waals surface area contributed by atoms with E-state index >= 15 is 0 Å². The summed E-state index contributed by atoms with van der Waals surface area (Å²) in [5.41, 5.74) is 1.36. The number of nitrogens with one attached hydrogen (secondary N) is 1. The number of morpholine rings is 1. The van der Waals surface area contributed by atoms with Crippen LogP contribution in [0.4, 0.5) is 0 Å². The fourth-order valence-corrected chi connectivity index (χ4v) is 4.65. The third-order valence-corrected chi connectivity index (χ3v) is 6.38. The zero-order chi connectivity index (χ0) is 20.1. The van der Waals surface area contributed by atoms with E-state index in [1.165, 1.54) is 0 Å². The molecule has 3 heterocycles. The van der Waals surface area contributed by atoms with Crippen LogP contribution < -0.4 is 5.32 Å². The van der Waals surface area contributed by atoms with Gasteiger partial charge < -0.3 is 19.7 Å². The molecule has 0 unspecified atom stereocenters. The van der Waals surface area contributed by atoms with Crippen LogP contribution in [0.3, 0.4) is 0 Å². The molecule has 1 N–H and O–H groups in total. The molecule has 0 spiro atoms. The van der Waals surface area contributed by atoms with Crippen molar-refractivity contribution in [1.82, 2.24) is 15.1 Å². The third-order valence-electron chi connectivity index (χ3n) is 6.38. The van der Waals surface area contributed by atoms with Crippen LogP contribution in [0, 0.1) is 0 Å². The number of hydrogen-bond acceptors (Lipinski definition) is 5. The minimum absolute atomic E-state index is 0.0256. The van der Waals surface area contributed by atoms with Crippen LogP contribution in [0.5, 0.6) is 0 Å². The van der Waals surface area contributed by atoms with Crippen molar-refractivity contribution in [3.8, 4) is 0 Å². The van der Waals surface area contributed by atoms with Gasteiger partial charge in [-0.2, -0.15) is 0 Å². The van der Waals surface area contributed by atoms with Gasteiger partial charge in [0.05, 0.1) is 25.2 Å². The highest BCUT2D eigenvalue weighted by molar-refractivity contribution is 5.99. The number of amides is 2. The molecule has 3 aliphatic rings. The number of fused-ring (bicyclic) bond motifs is 1. The summed E-state index contributed by atoms with van der Waals surface area (Å²) >= 11 is 0. The van der Waals surface area contributed by atoms with Gasteiger partial charge >= 0.3 is 0 Å². The van der Waals surface area contributed by atoms with Crippen LogP contribution >= 0.6 is 0 Å². The molecule has 0 aromatic heterocycles. The maximum Gasteiger partial charge on any atom is 0.254 e. The highest BCUT2D eigenvalue weighted by atomic mass is 16.5. The van der Waals surface area contributed by atoms with Crippen molar-refractivity contribution < 1.29 is 19.1 Å². The Morgan fingerprint density at radius 2 is 1.79 bits per heavy atom. The quantitative estimate of drug-likeness (QED) is 0.700. The number of carbonyl (C=O) groups is 2. The summed E-state index contributed by atoms with van der Waals surface area (Å²) in [5, 5.41) is 3.08. The number of benzene rings is 1. The molecule has 29 heavy (non-hydrogen) atoms. The van der Waals surface area contributed by atoms with Gasteiger partial charge in [0.25, 0.3) is 5.91 Å². The summed E-state index contributed by atoms with van der Waals surface area (Å²) in [4.78, 5) is 30.1. The van der Waals surface area contributed by atoms with Gasteiger partial charge in [0, 0.05) is 45.0 Å². The van der Waals surface area contributed by atoms with E-state index in [4.69, 9.17) is 9.47 Å². The van der Waals surface area contributed by atoms with Crippen molar-refractivity contribution in [3.63, 3.8) is 0 Å². The van der Waals surface area contributed by atoms with Gasteiger partial charge in [0.2, 0.25) is 5.91 Å². The van der Waals surface area contributed by atoms with Crippen molar-refractivity contribution in [2.45, 2.75) is 37.8 Å². The van der Waals surface area contributed by atoms with E-state index in [9.17, 15) is 9.59 Å². The van der Waals surface area contributed by atoms with Crippen LogP contribution in [0.25, 0.3) is 0 Å². The monoisotopic (exact) mass is 401 g/mol. The first kappa shape index (κ1) is 20.3. The van der Waals surface area contributed by atoms with Crippen molar-refractivity contribution in [1.29, 1.82) is 0 Å². The summed E-state index contributed by atoms with van der Waals surface area (Å²) in [6.45, 7) is 6.92. The van der Waals surface area contributed by atoms with Gasteiger partial charge in [-0.05, 0) is 37.4 Å². The minimum atomic E-state index is -0.456. The van der Waals surface area contributed by atoms with Gasteiger partial charge in [0.15, 0.2) is 0 Å². The van der Waals surface area contributed by atoms with Crippen molar-refractivity contribution in [2.24, 2.45) is 0 Å². The Morgan fingerprint density at radius 1 is 1.07 bits per heavy atom. The Morgan fingerprint density at radius 3 is 2.55 bits per heavy atom. The minimum Gasteiger partial charge on any atom is -0.381 e. The third kappa shape index (κ3) is 4.63. The first-order chi connectivity index (χ1) is 14.2. The first-order valence-corrected chi connectivity index (χ1v) is 10.7. The maximum atomic E-state index is 13.1. The van der Waals surface area contributed by atoms with Gasteiger partial charge in [-0.1, -0.05) is 18.2 Å². The van der Waals surface area contributed by atoms with Crippen molar-refractivity contribution in [3.05, 3.63) is 35.4 Å². The maximum absolute atomic E-state index is 13.1. The standard InChI is InChI=1S/C22H31N3O4/c26-20(23-8-3-9-24-10-14-29-15-11-24)16-22(6-12-28-13-7-22)25-17-18-4-1-2-5-19(18)21(25)27/h1-2,4-5H,3,6-17H2,(H,23,26). The lowest BCUT2D eigenvalue weighted by molar-refractivity contribution is -0.125. The fraction of sp³-hybridized carbons (Fsp3) is 0.636. The Hall–Kier alpha value is -1.96. The van der Waals surface area contributed by atoms with Crippen LogP contribution in [-0.4, -0.2) is 79.8 Å². The van der Waals surface area contributed by atoms with Gasteiger partial charge in [0.1, 0.15) is 0 Å². The lowest BCUT2D eigenvalue weighted by atomic mass is 9.84. The van der Waals surface area contributed by atoms with Gasteiger partial charge in [-0.25, -0.2) is 0 Å². The van der Waals surface area contributed by atoms with E-state index < -0.39 is 5.54 Å². The second-order valence-corrected chi connectivity index (χ2v) is 8.22. The zero-order valence-corrected chi connectivity index (χ0v) is 17.0. The number of carbonyl (C=O) groups excluding carboxylic acids is 2. The SMILES string of the molecule is O=C(CC1(N2Cc3ccccc3C2=O)CCOCC1)NCCCN1CCOCC1. The number of hydrogen-bond donors (Lipinski definition) is 1. The molecule has 2 amide bonds. The molecule has 0 radical (unpaired) electrons. The highest BCUT2D eigenvalue weighted by Crippen LogP contribution is 2.37. The van der Waals surface area contributed by atoms with Crippen LogP contribution in [0.15, 0.2) is 24.3 Å². The second kappa shape index (κ2) is 9.24. The Labute approximate surface area is 172 Å². The molecule has 1 aromatic carbocycles. The molecule has 1 aromatic rings. The van der Waals surface area contributed by atoms with Crippen molar-refractivity contribution >= 4 is 11.8 Å². The summed E-state index contributed by atoms with van der Waals surface area (Å²) in [5.74, 6) is 0.0697. The molecule has 0 aliphatic carbocycles. The largest absolute Gasteiger partial charge is 0.381 e. The van der Waals surface area contributed by atoms with Gasteiger partial charge in [-0.3, -0.25) is 14.5 Å². The lowest BCUT2D eigenvalue weighted by Crippen LogP contribution is -2.54. The summed E-state index contributed by atoms with van der Waals surface area (Å²) in [7, 11) is 0. The Bertz CT molecular complexity index is 727. The molecular formula is C22H31N3O4. The molecular weight excluding hydrogens is 370 g/mol. The molecule has 4 rings (SSSR count). The average molecular weight is 402 g/mol. The number of rotatable bonds is 7. The molecule has 7 nitrogen and oxygen atoms in total. The normalized spacial score (nSPS) is 21.8. The molecule has 0 bridgehead atoms. The predicted molar refractivity (Wildman–Crippen MR) is 109 cm³/mol. The molecule has 2 fully saturated rings. The molecule has 7 heteroatoms. The molecule has 0 atom stereocenters. The fourth-order valence-electron chi connectivity index (χ4n) is 4.65. The van der Waals surface area contributed by atoms with E-state index in [0.717, 1.165) is 50.4 Å². The Kier molecular flexibility index (Phi) is 6.47. The topological polar surface area (TPSA) is 71.1 Å². The second-order valence-electron chi connectivity index (χ2n) is 8.22. The molecule has 0 saturated carbocycles. The summed E-state index contributed by atoms with van der Waals surface area (Å²) < 4.78 is 10.9. The van der Waals surface area contributed by atoms with E-state index in [-0.39, 0.29) is 11.8 Å². The van der Waals surface area contributed by atoms with E-state index in [1.807, 2.05) is 29.2 Å². The smallest absolute Gasteiger partial charge is 0.254 e. The molecule has 3 aliphatic heterocycles. The lowest BCUT2D eigenvalue weighted by Gasteiger charge is -2.44. The number of ether oxygens (including phenoxy) is 2. The average Bonchev–Trinajstić information content (AvgIpc) is 3.10. The van der Waals surface area contributed by atoms with Crippen molar-refractivity contribution in [2.75, 3.05) is 52.6 Å². The van der Waals surface area contributed by atoms with E-state index in [0.29, 0.717) is 45.6 Å². The predicted octanol–water partition coefficient (Wildman–Crippen LogP) is 1.42. The molecule has 2 saturated heterocycles. The zero-order valence-electron chi connectivity index (χ0n) is 17.0. The first-order valence-electron chi connectivity index (χ1n) is 10.7.